The van der Waals surface area contributed by atoms with Crippen molar-refractivity contribution in [3.63, 3.8) is 0 Å². The summed E-state index contributed by atoms with van der Waals surface area (Å²) < 4.78 is 85.6. The highest BCUT2D eigenvalue weighted by Crippen LogP contribution is 2.30. The lowest BCUT2D eigenvalue weighted by atomic mass is 10.2. The summed E-state index contributed by atoms with van der Waals surface area (Å²) in [5.74, 6) is -1.93. The van der Waals surface area contributed by atoms with E-state index in [9.17, 15) is 25.3 Å². The molecule has 1 aliphatic rings. The fourth-order valence-corrected chi connectivity index (χ4v) is 10.2. The highest BCUT2D eigenvalue weighted by atomic mass is 32.2. The lowest BCUT2D eigenvalue weighted by molar-refractivity contribution is 0.455. The molecule has 0 aromatic heterocycles. The Morgan fingerprint density at radius 1 is 0.710 bits per heavy atom. The molecule has 2 aromatic carbocycles. The highest BCUT2D eigenvalue weighted by Gasteiger charge is 2.53. The van der Waals surface area contributed by atoms with Gasteiger partial charge in [-0.15, -0.1) is 0 Å². The molecule has 0 spiro atoms. The van der Waals surface area contributed by atoms with Crippen LogP contribution in [0.15, 0.2) is 61.7 Å². The molecule has 31 heavy (non-hydrogen) atoms. The van der Waals surface area contributed by atoms with Crippen molar-refractivity contribution in [2.75, 3.05) is 11.5 Å². The Morgan fingerprint density at radius 3 is 1.32 bits per heavy atom. The van der Waals surface area contributed by atoms with E-state index in [-0.39, 0.29) is 11.5 Å². The quantitative estimate of drug-likeness (QED) is 0.523. The van der Waals surface area contributed by atoms with E-state index in [0.717, 1.165) is 0 Å². The molecule has 1 aliphatic heterocycles. The van der Waals surface area contributed by atoms with Crippen LogP contribution in [0.1, 0.15) is 11.1 Å². The summed E-state index contributed by atoms with van der Waals surface area (Å²) in [6.45, 7) is 7.17. The maximum atomic E-state index is 12.8. The first-order valence-corrected chi connectivity index (χ1v) is 13.7. The minimum Gasteiger partial charge on any atom is -0.382 e. The van der Waals surface area contributed by atoms with Gasteiger partial charge in [0.25, 0.3) is 0 Å². The molecule has 0 saturated carbocycles. The first kappa shape index (κ1) is 23.0. The third kappa shape index (κ3) is 5.35. The first-order valence-electron chi connectivity index (χ1n) is 8.98. The maximum absolute atomic E-state index is 12.8. The largest absolute Gasteiger partial charge is 0.382 e. The number of benzene rings is 2. The van der Waals surface area contributed by atoms with Gasteiger partial charge >= 0.3 is 20.2 Å². The third-order valence-corrected chi connectivity index (χ3v) is 10.3. The average molecular weight is 485 g/mol. The van der Waals surface area contributed by atoms with E-state index >= 15 is 0 Å². The van der Waals surface area contributed by atoms with E-state index in [0.29, 0.717) is 11.1 Å². The second kappa shape index (κ2) is 8.48. The van der Waals surface area contributed by atoms with Crippen molar-refractivity contribution in [2.45, 2.75) is 10.5 Å². The van der Waals surface area contributed by atoms with Crippen LogP contribution in [0, 0.1) is 0 Å². The van der Waals surface area contributed by atoms with Gasteiger partial charge in [-0.3, -0.25) is 0 Å². The summed E-state index contributed by atoms with van der Waals surface area (Å²) in [6.07, 6.45) is 3.09. The van der Waals surface area contributed by atoms with E-state index < -0.39 is 52.1 Å². The Kier molecular flexibility index (Phi) is 6.30. The third-order valence-electron chi connectivity index (χ3n) is 4.65. The Labute approximate surface area is 182 Å². The molecule has 0 aliphatic carbocycles. The number of hydrogen-bond donors (Lipinski definition) is 0. The van der Waals surface area contributed by atoms with Crippen LogP contribution in [-0.2, 0) is 30.1 Å². The molecular weight excluding hydrogens is 464 g/mol. The summed E-state index contributed by atoms with van der Waals surface area (Å²) in [6, 6.07) is 11.6. The van der Waals surface area contributed by atoms with Gasteiger partial charge in [0.15, 0.2) is 9.84 Å². The monoisotopic (exact) mass is 484 g/mol. The smallest absolute Gasteiger partial charge is 0.314 e. The summed E-state index contributed by atoms with van der Waals surface area (Å²) in [7, 11) is -13.2. The molecule has 1 heterocycles. The standard InChI is InChI=1S/C20H20O8S3/c1-3-15-5-9-17(10-6-15)27-30(23,24)19-13-29(21,22)14-20(19)31(25,26)28-18-11-7-16(4-2)8-12-18/h3-12,19-20H,1-2,13-14H2/t19-,20-/m1/s1. The van der Waals surface area contributed by atoms with Gasteiger partial charge in [-0.25, -0.2) is 8.42 Å². The number of hydrogen-bond acceptors (Lipinski definition) is 8. The molecule has 0 N–H and O–H groups in total. The highest BCUT2D eigenvalue weighted by molar-refractivity contribution is 7.98. The summed E-state index contributed by atoms with van der Waals surface area (Å²) in [5.41, 5.74) is 1.43. The minimum absolute atomic E-state index is 0.0769. The van der Waals surface area contributed by atoms with Crippen LogP contribution in [0.25, 0.3) is 12.2 Å². The maximum Gasteiger partial charge on any atom is 0.314 e. The van der Waals surface area contributed by atoms with Crippen molar-refractivity contribution in [3.05, 3.63) is 72.8 Å². The predicted octanol–water partition coefficient (Wildman–Crippen LogP) is 2.26. The first-order chi connectivity index (χ1) is 14.5. The molecule has 3 rings (SSSR count). The van der Waals surface area contributed by atoms with Crippen molar-refractivity contribution in [1.82, 2.24) is 0 Å². The second-order valence-electron chi connectivity index (χ2n) is 6.85. The zero-order valence-corrected chi connectivity index (χ0v) is 18.7. The van der Waals surface area contributed by atoms with E-state index in [4.69, 9.17) is 8.37 Å². The molecule has 8 nitrogen and oxygen atoms in total. The molecule has 1 saturated heterocycles. The summed E-state index contributed by atoms with van der Waals surface area (Å²) in [4.78, 5) is 0. The Hall–Kier alpha value is -2.63. The van der Waals surface area contributed by atoms with Crippen LogP contribution in [-0.4, -0.2) is 47.3 Å². The fraction of sp³-hybridized carbons (Fsp3) is 0.200. The van der Waals surface area contributed by atoms with Gasteiger partial charge in [0, 0.05) is 0 Å². The lowest BCUT2D eigenvalue weighted by Gasteiger charge is -2.19. The van der Waals surface area contributed by atoms with Crippen LogP contribution in [0.5, 0.6) is 11.5 Å². The van der Waals surface area contributed by atoms with Gasteiger partial charge in [0.05, 0.1) is 11.5 Å². The summed E-state index contributed by atoms with van der Waals surface area (Å²) >= 11 is 0. The molecule has 166 valence electrons. The van der Waals surface area contributed by atoms with Gasteiger partial charge in [0.1, 0.15) is 22.0 Å². The summed E-state index contributed by atoms with van der Waals surface area (Å²) in [5, 5.41) is -3.68. The Bertz CT molecular complexity index is 1190. The number of rotatable bonds is 8. The van der Waals surface area contributed by atoms with E-state index in [1.807, 2.05) is 0 Å². The molecule has 2 atom stereocenters. The van der Waals surface area contributed by atoms with Crippen LogP contribution in [0.3, 0.4) is 0 Å². The molecule has 0 amide bonds. The molecule has 11 heteroatoms. The van der Waals surface area contributed by atoms with Gasteiger partial charge in [0.2, 0.25) is 0 Å². The zero-order chi connectivity index (χ0) is 22.9. The second-order valence-corrected chi connectivity index (χ2v) is 12.5. The van der Waals surface area contributed by atoms with Crippen molar-refractivity contribution in [2.24, 2.45) is 0 Å². The van der Waals surface area contributed by atoms with Crippen LogP contribution >= 0.6 is 0 Å². The van der Waals surface area contributed by atoms with Crippen molar-refractivity contribution in [1.29, 1.82) is 0 Å². The lowest BCUT2D eigenvalue weighted by Crippen LogP contribution is -2.42. The van der Waals surface area contributed by atoms with Gasteiger partial charge < -0.3 is 8.37 Å². The topological polar surface area (TPSA) is 121 Å². The number of sulfone groups is 1. The molecule has 0 bridgehead atoms. The molecular formula is C20H20O8S3. The van der Waals surface area contributed by atoms with E-state index in [2.05, 4.69) is 13.2 Å². The molecule has 2 aromatic rings. The Balaban J connectivity index is 1.89. The molecule has 1 fully saturated rings. The van der Waals surface area contributed by atoms with Gasteiger partial charge in [-0.05, 0) is 35.4 Å². The van der Waals surface area contributed by atoms with E-state index in [1.165, 1.54) is 24.3 Å². The zero-order valence-electron chi connectivity index (χ0n) is 16.2. The van der Waals surface area contributed by atoms with Crippen LogP contribution < -0.4 is 8.37 Å². The fourth-order valence-electron chi connectivity index (χ4n) is 3.03. The van der Waals surface area contributed by atoms with E-state index in [1.54, 1.807) is 36.4 Å². The minimum atomic E-state index is -4.62. The normalized spacial score (nSPS) is 20.6. The SMILES string of the molecule is C=Cc1ccc(OS(=O)(=O)[C@@H]2CS(=O)(=O)C[C@H]2S(=O)(=O)Oc2ccc(C=C)cc2)cc1. The van der Waals surface area contributed by atoms with Crippen molar-refractivity contribution < 1.29 is 33.6 Å². The molecule has 0 radical (unpaired) electrons. The van der Waals surface area contributed by atoms with Crippen molar-refractivity contribution >= 4 is 42.2 Å². The van der Waals surface area contributed by atoms with Crippen molar-refractivity contribution in [3.8, 4) is 11.5 Å². The van der Waals surface area contributed by atoms with Crippen LogP contribution in [0.4, 0.5) is 0 Å². The Morgan fingerprint density at radius 2 is 1.03 bits per heavy atom. The van der Waals surface area contributed by atoms with Gasteiger partial charge in [-0.2, -0.15) is 16.8 Å². The predicted molar refractivity (Wildman–Crippen MR) is 118 cm³/mol. The van der Waals surface area contributed by atoms with Crippen LogP contribution in [0.2, 0.25) is 0 Å². The average Bonchev–Trinajstić information content (AvgIpc) is 3.06. The molecule has 0 unspecified atom stereocenters. The van der Waals surface area contributed by atoms with Gasteiger partial charge in [-0.1, -0.05) is 49.6 Å².